The molecule has 0 aliphatic carbocycles. The molecule has 0 spiro atoms. The van der Waals surface area contributed by atoms with Gasteiger partial charge in [0.05, 0.1) is 14.2 Å². The zero-order valence-electron chi connectivity index (χ0n) is 12.9. The van der Waals surface area contributed by atoms with Crippen LogP contribution in [-0.4, -0.2) is 14.2 Å². The first-order valence-electron chi connectivity index (χ1n) is 7.13. The maximum Gasteiger partial charge on any atom is 0.186 e. The van der Waals surface area contributed by atoms with E-state index in [-0.39, 0.29) is 5.43 Å². The smallest absolute Gasteiger partial charge is 0.186 e. The molecule has 23 heavy (non-hydrogen) atoms. The third-order valence-electron chi connectivity index (χ3n) is 3.52. The number of rotatable bonds is 4. The van der Waals surface area contributed by atoms with E-state index in [2.05, 4.69) is 0 Å². The molecule has 0 radical (unpaired) electrons. The molecule has 1 heterocycles. The molecular formula is C19H16O4. The van der Waals surface area contributed by atoms with Gasteiger partial charge in [-0.05, 0) is 48.5 Å². The highest BCUT2D eigenvalue weighted by Crippen LogP contribution is 2.27. The van der Waals surface area contributed by atoms with E-state index in [0.29, 0.717) is 11.5 Å². The molecule has 1 aromatic heterocycles. The molecule has 0 aliphatic heterocycles. The number of ether oxygens (including phenoxy) is 2. The largest absolute Gasteiger partial charge is 0.497 e. The molecule has 2 aromatic carbocycles. The van der Waals surface area contributed by atoms with Crippen molar-refractivity contribution >= 4 is 0 Å². The molecule has 3 rings (SSSR count). The average Bonchev–Trinajstić information content (AvgIpc) is 2.61. The first-order chi connectivity index (χ1) is 11.2. The maximum absolute atomic E-state index is 12.0. The summed E-state index contributed by atoms with van der Waals surface area (Å²) < 4.78 is 16.2. The Morgan fingerprint density at radius 2 is 1.09 bits per heavy atom. The topological polar surface area (TPSA) is 48.7 Å². The summed E-state index contributed by atoms with van der Waals surface area (Å²) in [5, 5.41) is 0. The minimum atomic E-state index is -0.104. The molecule has 116 valence electrons. The van der Waals surface area contributed by atoms with Gasteiger partial charge in [-0.15, -0.1) is 0 Å². The van der Waals surface area contributed by atoms with Gasteiger partial charge in [0, 0.05) is 23.3 Å². The first-order valence-corrected chi connectivity index (χ1v) is 7.13. The van der Waals surface area contributed by atoms with Crippen LogP contribution in [-0.2, 0) is 0 Å². The quantitative estimate of drug-likeness (QED) is 0.731. The van der Waals surface area contributed by atoms with Gasteiger partial charge in [-0.2, -0.15) is 0 Å². The van der Waals surface area contributed by atoms with Crippen molar-refractivity contribution in [2.24, 2.45) is 0 Å². The average molecular weight is 308 g/mol. The fourth-order valence-electron chi connectivity index (χ4n) is 2.27. The monoisotopic (exact) mass is 308 g/mol. The zero-order chi connectivity index (χ0) is 16.2. The fraction of sp³-hybridized carbons (Fsp3) is 0.105. The molecule has 4 nitrogen and oxygen atoms in total. The normalized spacial score (nSPS) is 10.3. The summed E-state index contributed by atoms with van der Waals surface area (Å²) in [5.74, 6) is 2.54. The molecule has 0 amide bonds. The molecule has 0 fully saturated rings. The van der Waals surface area contributed by atoms with Crippen LogP contribution in [0, 0.1) is 0 Å². The molecule has 0 atom stereocenters. The van der Waals surface area contributed by atoms with E-state index in [4.69, 9.17) is 13.9 Å². The second-order valence-electron chi connectivity index (χ2n) is 4.98. The Labute approximate surface area is 133 Å². The summed E-state index contributed by atoms with van der Waals surface area (Å²) in [6, 6.07) is 17.7. The van der Waals surface area contributed by atoms with E-state index >= 15 is 0 Å². The van der Waals surface area contributed by atoms with Gasteiger partial charge in [-0.1, -0.05) is 0 Å². The summed E-state index contributed by atoms with van der Waals surface area (Å²) in [4.78, 5) is 12.0. The Hall–Kier alpha value is -3.01. The molecule has 0 bridgehead atoms. The molecule has 0 saturated carbocycles. The third kappa shape index (κ3) is 3.26. The van der Waals surface area contributed by atoms with E-state index in [1.54, 1.807) is 14.2 Å². The van der Waals surface area contributed by atoms with Gasteiger partial charge in [0.2, 0.25) is 0 Å². The van der Waals surface area contributed by atoms with E-state index in [1.807, 2.05) is 48.5 Å². The summed E-state index contributed by atoms with van der Waals surface area (Å²) >= 11 is 0. The van der Waals surface area contributed by atoms with Gasteiger partial charge < -0.3 is 13.9 Å². The highest BCUT2D eigenvalue weighted by Gasteiger charge is 2.08. The Morgan fingerprint density at radius 3 is 1.43 bits per heavy atom. The lowest BCUT2D eigenvalue weighted by Crippen LogP contribution is -1.98. The van der Waals surface area contributed by atoms with Crippen LogP contribution in [0.15, 0.2) is 69.9 Å². The highest BCUT2D eigenvalue weighted by molar-refractivity contribution is 5.63. The van der Waals surface area contributed by atoms with Crippen molar-refractivity contribution < 1.29 is 13.9 Å². The van der Waals surface area contributed by atoms with Crippen molar-refractivity contribution in [2.75, 3.05) is 14.2 Å². The van der Waals surface area contributed by atoms with Crippen molar-refractivity contribution in [1.82, 2.24) is 0 Å². The second kappa shape index (κ2) is 6.40. The Bertz CT molecular complexity index is 777. The van der Waals surface area contributed by atoms with Crippen LogP contribution in [0.3, 0.4) is 0 Å². The second-order valence-corrected chi connectivity index (χ2v) is 4.98. The Kier molecular flexibility index (Phi) is 4.15. The molecule has 0 unspecified atom stereocenters. The summed E-state index contributed by atoms with van der Waals surface area (Å²) in [5.41, 5.74) is 1.53. The van der Waals surface area contributed by atoms with E-state index in [9.17, 15) is 4.79 Å². The SMILES string of the molecule is COc1ccc(-c2cc(=O)cc(-c3ccc(OC)cc3)o2)cc1. The van der Waals surface area contributed by atoms with Crippen LogP contribution >= 0.6 is 0 Å². The molecule has 3 aromatic rings. The molecule has 4 heteroatoms. The van der Waals surface area contributed by atoms with E-state index in [1.165, 1.54) is 12.1 Å². The number of methoxy groups -OCH3 is 2. The van der Waals surface area contributed by atoms with Crippen LogP contribution in [0.4, 0.5) is 0 Å². The van der Waals surface area contributed by atoms with Crippen LogP contribution < -0.4 is 14.9 Å². The minimum absolute atomic E-state index is 0.104. The number of hydrogen-bond acceptors (Lipinski definition) is 4. The van der Waals surface area contributed by atoms with Crippen molar-refractivity contribution in [3.8, 4) is 34.1 Å². The predicted octanol–water partition coefficient (Wildman–Crippen LogP) is 3.99. The lowest BCUT2D eigenvalue weighted by molar-refractivity contribution is 0.415. The van der Waals surface area contributed by atoms with Crippen molar-refractivity contribution in [3.63, 3.8) is 0 Å². The molecule has 0 aliphatic rings. The minimum Gasteiger partial charge on any atom is -0.497 e. The highest BCUT2D eigenvalue weighted by atomic mass is 16.5. The molecule has 0 N–H and O–H groups in total. The van der Waals surface area contributed by atoms with Gasteiger partial charge in [0.1, 0.15) is 23.0 Å². The summed E-state index contributed by atoms with van der Waals surface area (Å²) in [6.07, 6.45) is 0. The Balaban J connectivity index is 2.02. The van der Waals surface area contributed by atoms with E-state index in [0.717, 1.165) is 22.6 Å². The first kappa shape index (κ1) is 14.9. The van der Waals surface area contributed by atoms with Crippen molar-refractivity contribution in [3.05, 3.63) is 70.9 Å². The number of benzene rings is 2. The standard InChI is InChI=1S/C19H16O4/c1-21-16-7-3-13(4-8-16)18-11-15(20)12-19(23-18)14-5-9-17(22-2)10-6-14/h3-12H,1-2H3. The fourth-order valence-corrected chi connectivity index (χ4v) is 2.27. The molecular weight excluding hydrogens is 292 g/mol. The van der Waals surface area contributed by atoms with Gasteiger partial charge >= 0.3 is 0 Å². The van der Waals surface area contributed by atoms with Gasteiger partial charge in [-0.25, -0.2) is 0 Å². The summed E-state index contributed by atoms with van der Waals surface area (Å²) in [7, 11) is 3.22. The zero-order valence-corrected chi connectivity index (χ0v) is 12.9. The van der Waals surface area contributed by atoms with Crippen molar-refractivity contribution in [1.29, 1.82) is 0 Å². The van der Waals surface area contributed by atoms with Crippen LogP contribution in [0.25, 0.3) is 22.6 Å². The maximum atomic E-state index is 12.0. The lowest BCUT2D eigenvalue weighted by atomic mass is 10.1. The Morgan fingerprint density at radius 1 is 0.696 bits per heavy atom. The van der Waals surface area contributed by atoms with Crippen LogP contribution in [0.2, 0.25) is 0 Å². The van der Waals surface area contributed by atoms with Crippen LogP contribution in [0.5, 0.6) is 11.5 Å². The number of hydrogen-bond donors (Lipinski definition) is 0. The van der Waals surface area contributed by atoms with Gasteiger partial charge in [0.25, 0.3) is 0 Å². The lowest BCUT2D eigenvalue weighted by Gasteiger charge is -2.07. The predicted molar refractivity (Wildman–Crippen MR) is 89.0 cm³/mol. The van der Waals surface area contributed by atoms with Gasteiger partial charge in [-0.3, -0.25) is 4.79 Å². The van der Waals surface area contributed by atoms with Gasteiger partial charge in [0.15, 0.2) is 5.43 Å². The van der Waals surface area contributed by atoms with E-state index < -0.39 is 0 Å². The van der Waals surface area contributed by atoms with Crippen molar-refractivity contribution in [2.45, 2.75) is 0 Å². The molecule has 0 saturated heterocycles. The third-order valence-corrected chi connectivity index (χ3v) is 3.52. The summed E-state index contributed by atoms with van der Waals surface area (Å²) in [6.45, 7) is 0. The van der Waals surface area contributed by atoms with Crippen LogP contribution in [0.1, 0.15) is 0 Å².